The number of ether oxygens (including phenoxy) is 3. The summed E-state index contributed by atoms with van der Waals surface area (Å²) in [6.07, 6.45) is 65.3. The normalized spacial score (nSPS) is 13.2. The Morgan fingerprint density at radius 2 is 0.810 bits per heavy atom. The zero-order valence-corrected chi connectivity index (χ0v) is 37.5. The molecule has 0 spiro atoms. The first kappa shape index (κ1) is 54.6. The Balaban J connectivity index is 4.36. The molecule has 0 bridgehead atoms. The van der Waals surface area contributed by atoms with Gasteiger partial charge in [0.2, 0.25) is 0 Å². The van der Waals surface area contributed by atoms with Gasteiger partial charge >= 0.3 is 11.9 Å². The molecule has 0 radical (unpaired) electrons. The van der Waals surface area contributed by atoms with Crippen LogP contribution in [0.2, 0.25) is 0 Å². The van der Waals surface area contributed by atoms with Gasteiger partial charge in [-0.1, -0.05) is 194 Å². The van der Waals surface area contributed by atoms with Crippen LogP contribution < -0.4 is 0 Å². The van der Waals surface area contributed by atoms with Crippen LogP contribution in [0, 0.1) is 0 Å². The summed E-state index contributed by atoms with van der Waals surface area (Å²) >= 11 is 0. The summed E-state index contributed by atoms with van der Waals surface area (Å²) in [5.41, 5.74) is 0. The molecule has 1 unspecified atom stereocenters. The van der Waals surface area contributed by atoms with Crippen molar-refractivity contribution in [3.8, 4) is 0 Å². The number of esters is 2. The average molecular weight is 803 g/mol. The highest BCUT2D eigenvalue weighted by Crippen LogP contribution is 2.11. The molecule has 0 heterocycles. The van der Waals surface area contributed by atoms with Gasteiger partial charge in [-0.2, -0.15) is 0 Å². The van der Waals surface area contributed by atoms with Gasteiger partial charge in [0.15, 0.2) is 6.10 Å². The Labute approximate surface area is 357 Å². The first-order valence-corrected chi connectivity index (χ1v) is 23.4. The van der Waals surface area contributed by atoms with E-state index >= 15 is 0 Å². The van der Waals surface area contributed by atoms with E-state index in [0.717, 1.165) is 96.3 Å². The third kappa shape index (κ3) is 45.3. The second-order valence-corrected chi connectivity index (χ2v) is 14.9. The van der Waals surface area contributed by atoms with Crippen molar-refractivity contribution in [1.82, 2.24) is 0 Å². The van der Waals surface area contributed by atoms with E-state index in [0.29, 0.717) is 25.9 Å². The van der Waals surface area contributed by atoms with Gasteiger partial charge in [0.05, 0.1) is 6.61 Å². The quantitative estimate of drug-likeness (QED) is 0.0350. The minimum Gasteiger partial charge on any atom is -0.462 e. The number of hydrogen-bond donors (Lipinski definition) is 0. The van der Waals surface area contributed by atoms with E-state index in [4.69, 9.17) is 14.2 Å². The number of hydrogen-bond acceptors (Lipinski definition) is 5. The maximum Gasteiger partial charge on any atom is 0.306 e. The first-order chi connectivity index (χ1) is 28.6. The van der Waals surface area contributed by atoms with Crippen molar-refractivity contribution in [3.05, 3.63) is 109 Å². The Kier molecular flexibility index (Phi) is 45.1. The van der Waals surface area contributed by atoms with Crippen molar-refractivity contribution in [1.29, 1.82) is 0 Å². The molecular formula is C53H86O5. The van der Waals surface area contributed by atoms with E-state index in [1.807, 2.05) is 6.08 Å². The monoisotopic (exact) mass is 803 g/mol. The lowest BCUT2D eigenvalue weighted by Crippen LogP contribution is -2.30. The van der Waals surface area contributed by atoms with Gasteiger partial charge in [-0.05, 0) is 89.9 Å². The smallest absolute Gasteiger partial charge is 0.306 e. The lowest BCUT2D eigenvalue weighted by atomic mass is 10.1. The summed E-state index contributed by atoms with van der Waals surface area (Å²) < 4.78 is 17.2. The van der Waals surface area contributed by atoms with E-state index in [-0.39, 0.29) is 25.2 Å². The molecule has 0 rings (SSSR count). The Hall–Kier alpha value is -3.44. The summed E-state index contributed by atoms with van der Waals surface area (Å²) in [6.45, 7) is 7.46. The fourth-order valence-electron chi connectivity index (χ4n) is 5.90. The molecule has 328 valence electrons. The van der Waals surface area contributed by atoms with E-state index in [9.17, 15) is 9.59 Å². The minimum absolute atomic E-state index is 0.0327. The van der Waals surface area contributed by atoms with Gasteiger partial charge in [0.1, 0.15) is 6.61 Å². The van der Waals surface area contributed by atoms with Crippen molar-refractivity contribution in [2.24, 2.45) is 0 Å². The molecule has 5 nitrogen and oxygen atoms in total. The third-order valence-corrected chi connectivity index (χ3v) is 9.32. The Morgan fingerprint density at radius 3 is 1.31 bits per heavy atom. The second-order valence-electron chi connectivity index (χ2n) is 14.9. The predicted molar refractivity (Wildman–Crippen MR) is 251 cm³/mol. The van der Waals surface area contributed by atoms with E-state index in [1.165, 1.54) is 51.4 Å². The average Bonchev–Trinajstić information content (AvgIpc) is 3.22. The van der Waals surface area contributed by atoms with Crippen molar-refractivity contribution in [2.45, 2.75) is 194 Å². The second kappa shape index (κ2) is 47.9. The van der Waals surface area contributed by atoms with Crippen molar-refractivity contribution >= 4 is 11.9 Å². The van der Waals surface area contributed by atoms with Gasteiger partial charge in [-0.15, -0.1) is 0 Å². The van der Waals surface area contributed by atoms with Crippen LogP contribution in [0.3, 0.4) is 0 Å². The van der Waals surface area contributed by atoms with Crippen LogP contribution in [0.25, 0.3) is 0 Å². The molecule has 1 atom stereocenters. The predicted octanol–water partition coefficient (Wildman–Crippen LogP) is 15.7. The molecule has 0 aliphatic heterocycles. The van der Waals surface area contributed by atoms with Crippen molar-refractivity contribution in [2.75, 3.05) is 19.8 Å². The molecule has 0 aliphatic carbocycles. The highest BCUT2D eigenvalue weighted by Gasteiger charge is 2.17. The van der Waals surface area contributed by atoms with Crippen LogP contribution in [-0.2, 0) is 23.8 Å². The van der Waals surface area contributed by atoms with E-state index < -0.39 is 6.10 Å². The first-order valence-electron chi connectivity index (χ1n) is 23.4. The molecule has 5 heteroatoms. The standard InChI is InChI=1S/C53H86O5/c1-4-7-10-13-16-19-21-23-25-26-27-28-30-31-33-35-37-40-43-46-52(54)57-50-51(49-56-48-45-42-39-18-15-12-9-6-3)58-53(55)47-44-41-38-36-34-32-29-24-22-20-17-14-11-8-5-2/h7-8,10-11,16-17,19-20,23-25,27-29,31,33,37,40,51H,4-6,9,12-15,18,21-22,26,30,32,34-36,38-39,41-50H2,1-3H3/b10-7-,11-8-,19-16-,20-17-,25-23-,28-27-,29-24-,33-31-,40-37-. The van der Waals surface area contributed by atoms with Gasteiger partial charge < -0.3 is 14.2 Å². The van der Waals surface area contributed by atoms with Crippen molar-refractivity contribution < 1.29 is 23.8 Å². The van der Waals surface area contributed by atoms with E-state index in [1.54, 1.807) is 0 Å². The number of carbonyl (C=O) groups excluding carboxylic acids is 2. The zero-order valence-electron chi connectivity index (χ0n) is 37.5. The van der Waals surface area contributed by atoms with Crippen LogP contribution in [0.1, 0.15) is 188 Å². The number of allylic oxidation sites excluding steroid dienone is 18. The summed E-state index contributed by atoms with van der Waals surface area (Å²) in [4.78, 5) is 25.2. The molecule has 0 saturated carbocycles. The lowest BCUT2D eigenvalue weighted by molar-refractivity contribution is -0.162. The van der Waals surface area contributed by atoms with Crippen LogP contribution >= 0.6 is 0 Å². The SMILES string of the molecule is CC/C=C\C/C=C\C/C=C\C/C=C\C/C=C\C/C=C\CCC(=O)OCC(COCCCCCCCCCC)OC(=O)CCCCCCC/C=C\C/C=C\C/C=C\CC. The molecule has 0 aromatic heterocycles. The van der Waals surface area contributed by atoms with Crippen LogP contribution in [0.15, 0.2) is 109 Å². The largest absolute Gasteiger partial charge is 0.462 e. The summed E-state index contributed by atoms with van der Waals surface area (Å²) in [6, 6.07) is 0. The zero-order chi connectivity index (χ0) is 42.1. The minimum atomic E-state index is -0.578. The maximum absolute atomic E-state index is 12.7. The van der Waals surface area contributed by atoms with Crippen LogP contribution in [0.4, 0.5) is 0 Å². The fraction of sp³-hybridized carbons (Fsp3) is 0.623. The molecule has 58 heavy (non-hydrogen) atoms. The third-order valence-electron chi connectivity index (χ3n) is 9.32. The number of rotatable bonds is 41. The van der Waals surface area contributed by atoms with Crippen LogP contribution in [-0.4, -0.2) is 37.9 Å². The molecule has 0 aliphatic rings. The Morgan fingerprint density at radius 1 is 0.397 bits per heavy atom. The molecule has 0 N–H and O–H groups in total. The van der Waals surface area contributed by atoms with E-state index in [2.05, 4.69) is 124 Å². The van der Waals surface area contributed by atoms with Gasteiger partial charge in [-0.3, -0.25) is 9.59 Å². The summed E-state index contributed by atoms with van der Waals surface area (Å²) in [5, 5.41) is 0. The highest BCUT2D eigenvalue weighted by atomic mass is 16.6. The molecule has 0 aromatic rings. The van der Waals surface area contributed by atoms with Gasteiger partial charge in [0, 0.05) is 19.4 Å². The lowest BCUT2D eigenvalue weighted by Gasteiger charge is -2.18. The molecular weight excluding hydrogens is 717 g/mol. The summed E-state index contributed by atoms with van der Waals surface area (Å²) in [7, 11) is 0. The maximum atomic E-state index is 12.7. The van der Waals surface area contributed by atoms with Gasteiger partial charge in [0.25, 0.3) is 0 Å². The summed E-state index contributed by atoms with van der Waals surface area (Å²) in [5.74, 6) is -0.523. The van der Waals surface area contributed by atoms with Crippen molar-refractivity contribution in [3.63, 3.8) is 0 Å². The highest BCUT2D eigenvalue weighted by molar-refractivity contribution is 5.70. The topological polar surface area (TPSA) is 61.8 Å². The Bertz CT molecular complexity index is 1180. The van der Waals surface area contributed by atoms with Crippen LogP contribution in [0.5, 0.6) is 0 Å². The number of unbranched alkanes of at least 4 members (excludes halogenated alkanes) is 12. The number of carbonyl (C=O) groups is 2. The molecule has 0 saturated heterocycles. The molecule has 0 amide bonds. The molecule has 0 fully saturated rings. The molecule has 0 aromatic carbocycles. The van der Waals surface area contributed by atoms with Gasteiger partial charge in [-0.25, -0.2) is 0 Å². The fourth-order valence-corrected chi connectivity index (χ4v) is 5.90.